The predicted molar refractivity (Wildman–Crippen MR) is 18.6 cm³/mol. The van der Waals surface area contributed by atoms with E-state index in [-0.39, 0.29) is 0 Å². The van der Waals surface area contributed by atoms with Gasteiger partial charge >= 0.3 is 0 Å². The Labute approximate surface area is 30.9 Å². The summed E-state index contributed by atoms with van der Waals surface area (Å²) in [5, 5.41) is 0. The molecule has 0 fully saturated rings. The van der Waals surface area contributed by atoms with Crippen LogP contribution in [0, 0.1) is 11.8 Å². The van der Waals surface area contributed by atoms with Gasteiger partial charge in [0.25, 0.3) is 0 Å². The van der Waals surface area contributed by atoms with E-state index in [1.807, 2.05) is 0 Å². The SMILES string of the molecule is C1#CCOC1. The Bertz CT molecular complexity index is 67.4. The van der Waals surface area contributed by atoms with Crippen LogP contribution in [-0.4, -0.2) is 13.2 Å². The van der Waals surface area contributed by atoms with E-state index in [2.05, 4.69) is 11.8 Å². The molecule has 0 saturated carbocycles. The highest BCUT2D eigenvalue weighted by Gasteiger charge is 1.81. The summed E-state index contributed by atoms with van der Waals surface area (Å²) in [5.41, 5.74) is 0. The topological polar surface area (TPSA) is 9.23 Å². The van der Waals surface area contributed by atoms with Crippen LogP contribution in [0.2, 0.25) is 0 Å². The quantitative estimate of drug-likeness (QED) is 0.364. The molecule has 0 saturated heterocycles. The van der Waals surface area contributed by atoms with Crippen molar-refractivity contribution < 1.29 is 4.74 Å². The number of rotatable bonds is 0. The van der Waals surface area contributed by atoms with Crippen LogP contribution in [0.25, 0.3) is 0 Å². The summed E-state index contributed by atoms with van der Waals surface area (Å²) in [6.45, 7) is 1.28. The van der Waals surface area contributed by atoms with Crippen molar-refractivity contribution in [1.29, 1.82) is 0 Å². The Hall–Kier alpha value is -0.480. The van der Waals surface area contributed by atoms with Gasteiger partial charge in [-0.3, -0.25) is 0 Å². The molecule has 1 rings (SSSR count). The van der Waals surface area contributed by atoms with E-state index in [0.717, 1.165) is 0 Å². The molecule has 0 unspecified atom stereocenters. The fourth-order valence-electron chi connectivity index (χ4n) is 0.255. The van der Waals surface area contributed by atoms with Gasteiger partial charge in [0.05, 0.1) is 0 Å². The van der Waals surface area contributed by atoms with Crippen molar-refractivity contribution >= 4 is 0 Å². The second-order valence-electron chi connectivity index (χ2n) is 0.846. The van der Waals surface area contributed by atoms with Crippen LogP contribution in [0.3, 0.4) is 0 Å². The summed E-state index contributed by atoms with van der Waals surface area (Å²) in [6.07, 6.45) is 0. The van der Waals surface area contributed by atoms with Gasteiger partial charge in [0, 0.05) is 0 Å². The summed E-state index contributed by atoms with van der Waals surface area (Å²) in [4.78, 5) is 0. The first-order chi connectivity index (χ1) is 2.50. The molecule has 26 valence electrons. The Morgan fingerprint density at radius 1 is 1.20 bits per heavy atom. The zero-order valence-corrected chi connectivity index (χ0v) is 2.82. The van der Waals surface area contributed by atoms with Crippen molar-refractivity contribution in [3.63, 3.8) is 0 Å². The highest BCUT2D eigenvalue weighted by molar-refractivity contribution is 5.03. The minimum absolute atomic E-state index is 0.639. The molecule has 0 aliphatic carbocycles. The molecular formula is C4H4O. The van der Waals surface area contributed by atoms with E-state index in [4.69, 9.17) is 4.74 Å². The molecule has 0 N–H and O–H groups in total. The minimum atomic E-state index is 0.639. The normalized spacial score (nSPS) is 17.6. The van der Waals surface area contributed by atoms with Crippen LogP contribution >= 0.6 is 0 Å². The molecule has 0 amide bonds. The summed E-state index contributed by atoms with van der Waals surface area (Å²) < 4.78 is 4.72. The Morgan fingerprint density at radius 3 is 2.00 bits per heavy atom. The molecule has 0 aromatic heterocycles. The van der Waals surface area contributed by atoms with E-state index in [1.165, 1.54) is 0 Å². The van der Waals surface area contributed by atoms with Gasteiger partial charge in [-0.25, -0.2) is 0 Å². The van der Waals surface area contributed by atoms with Crippen LogP contribution < -0.4 is 0 Å². The van der Waals surface area contributed by atoms with E-state index < -0.39 is 0 Å². The summed E-state index contributed by atoms with van der Waals surface area (Å²) >= 11 is 0. The lowest BCUT2D eigenvalue weighted by atomic mass is 10.7. The second-order valence-corrected chi connectivity index (χ2v) is 0.846. The predicted octanol–water partition coefficient (Wildman–Crippen LogP) is 0.0200. The molecule has 0 atom stereocenters. The standard InChI is InChI=1S/C4H4O/c1-2-4-5-3-1/h3-4H2. The molecule has 1 aliphatic rings. The van der Waals surface area contributed by atoms with Crippen molar-refractivity contribution in [3.8, 4) is 11.8 Å². The molecule has 0 aromatic rings. The Kier molecular flexibility index (Phi) is 0.600. The van der Waals surface area contributed by atoms with E-state index in [9.17, 15) is 0 Å². The van der Waals surface area contributed by atoms with Gasteiger partial charge in [-0.1, -0.05) is 11.8 Å². The van der Waals surface area contributed by atoms with Gasteiger partial charge in [0.2, 0.25) is 0 Å². The van der Waals surface area contributed by atoms with Gasteiger partial charge in [0.15, 0.2) is 0 Å². The van der Waals surface area contributed by atoms with Crippen molar-refractivity contribution in [2.24, 2.45) is 0 Å². The summed E-state index contributed by atoms with van der Waals surface area (Å²) in [5.74, 6) is 5.50. The van der Waals surface area contributed by atoms with Gasteiger partial charge < -0.3 is 4.74 Å². The number of hydrogen-bond acceptors (Lipinski definition) is 1. The zero-order valence-electron chi connectivity index (χ0n) is 2.82. The van der Waals surface area contributed by atoms with E-state index in [0.29, 0.717) is 13.2 Å². The van der Waals surface area contributed by atoms with Crippen molar-refractivity contribution in [1.82, 2.24) is 0 Å². The fraction of sp³-hybridized carbons (Fsp3) is 0.500. The fourth-order valence-corrected chi connectivity index (χ4v) is 0.255. The van der Waals surface area contributed by atoms with Gasteiger partial charge in [-0.2, -0.15) is 0 Å². The third kappa shape index (κ3) is 0.398. The average molecular weight is 68.1 g/mol. The molecule has 5 heavy (non-hydrogen) atoms. The monoisotopic (exact) mass is 68.0 g/mol. The third-order valence-electron chi connectivity index (χ3n) is 0.473. The maximum Gasteiger partial charge on any atom is 0.109 e. The van der Waals surface area contributed by atoms with Crippen LogP contribution in [-0.2, 0) is 4.74 Å². The molecule has 0 aromatic carbocycles. The van der Waals surface area contributed by atoms with Crippen molar-refractivity contribution in [2.45, 2.75) is 0 Å². The molecule has 1 heterocycles. The summed E-state index contributed by atoms with van der Waals surface area (Å²) in [7, 11) is 0. The largest absolute Gasteiger partial charge is 0.356 e. The lowest BCUT2D eigenvalue weighted by Gasteiger charge is -1.76. The first-order valence-electron chi connectivity index (χ1n) is 1.53. The number of hydrogen-bond donors (Lipinski definition) is 0. The lowest BCUT2D eigenvalue weighted by molar-refractivity contribution is 0.216. The maximum absolute atomic E-state index is 4.72. The van der Waals surface area contributed by atoms with Crippen molar-refractivity contribution in [3.05, 3.63) is 0 Å². The molecule has 0 radical (unpaired) electrons. The molecule has 1 aliphatic heterocycles. The molecule has 1 nitrogen and oxygen atoms in total. The van der Waals surface area contributed by atoms with Crippen LogP contribution in [0.5, 0.6) is 0 Å². The van der Waals surface area contributed by atoms with Crippen LogP contribution in [0.1, 0.15) is 0 Å². The van der Waals surface area contributed by atoms with Gasteiger partial charge in [-0.05, 0) is 0 Å². The summed E-state index contributed by atoms with van der Waals surface area (Å²) in [6, 6.07) is 0. The zero-order chi connectivity index (χ0) is 3.54. The third-order valence-corrected chi connectivity index (χ3v) is 0.473. The highest BCUT2D eigenvalue weighted by atomic mass is 16.5. The first-order valence-corrected chi connectivity index (χ1v) is 1.53. The highest BCUT2D eigenvalue weighted by Crippen LogP contribution is 1.75. The van der Waals surface area contributed by atoms with E-state index in [1.54, 1.807) is 0 Å². The molecule has 1 heteroatoms. The molecule has 0 spiro atoms. The smallest absolute Gasteiger partial charge is 0.109 e. The molecule has 0 bridgehead atoms. The first kappa shape index (κ1) is 2.74. The Morgan fingerprint density at radius 2 is 1.80 bits per heavy atom. The van der Waals surface area contributed by atoms with Gasteiger partial charge in [0.1, 0.15) is 13.2 Å². The number of ether oxygens (including phenoxy) is 1. The maximum atomic E-state index is 4.72. The minimum Gasteiger partial charge on any atom is -0.356 e. The second kappa shape index (κ2) is 1.09. The van der Waals surface area contributed by atoms with Crippen LogP contribution in [0.4, 0.5) is 0 Å². The van der Waals surface area contributed by atoms with Crippen molar-refractivity contribution in [2.75, 3.05) is 13.2 Å². The van der Waals surface area contributed by atoms with Crippen LogP contribution in [0.15, 0.2) is 0 Å². The Balaban J connectivity index is 2.42. The molecular weight excluding hydrogens is 64.0 g/mol. The van der Waals surface area contributed by atoms with Gasteiger partial charge in [-0.15, -0.1) is 0 Å². The lowest BCUT2D eigenvalue weighted by Crippen LogP contribution is -1.79. The van der Waals surface area contributed by atoms with E-state index >= 15 is 0 Å². The average Bonchev–Trinajstić information content (AvgIpc) is 1.76.